The van der Waals surface area contributed by atoms with Crippen molar-refractivity contribution in [3.63, 3.8) is 0 Å². The van der Waals surface area contributed by atoms with E-state index in [4.69, 9.17) is 4.74 Å². The number of hydrogen-bond acceptors (Lipinski definition) is 4. The van der Waals surface area contributed by atoms with E-state index < -0.39 is 10.0 Å². The lowest BCUT2D eigenvalue weighted by Crippen LogP contribution is -2.43. The molecular formula is C23H30N2O4S. The van der Waals surface area contributed by atoms with Gasteiger partial charge in [-0.3, -0.25) is 4.79 Å². The van der Waals surface area contributed by atoms with Gasteiger partial charge in [0.2, 0.25) is 15.9 Å². The Hall–Kier alpha value is -2.38. The van der Waals surface area contributed by atoms with Gasteiger partial charge in [0, 0.05) is 25.6 Å². The van der Waals surface area contributed by atoms with Crippen LogP contribution in [-0.2, 0) is 21.2 Å². The maximum Gasteiger partial charge on any atom is 0.243 e. The third kappa shape index (κ3) is 5.61. The number of benzene rings is 2. The monoisotopic (exact) mass is 430 g/mol. The number of nitrogens with one attached hydrogen (secondary N) is 1. The van der Waals surface area contributed by atoms with Gasteiger partial charge < -0.3 is 10.1 Å². The predicted octanol–water partition coefficient (Wildman–Crippen LogP) is 3.15. The number of rotatable bonds is 8. The molecule has 1 aliphatic heterocycles. The summed E-state index contributed by atoms with van der Waals surface area (Å²) >= 11 is 0. The number of carbonyl (C=O) groups is 1. The first-order valence-electron chi connectivity index (χ1n) is 10.4. The fourth-order valence-electron chi connectivity index (χ4n) is 3.66. The van der Waals surface area contributed by atoms with Crippen LogP contribution in [0.25, 0.3) is 0 Å². The zero-order valence-corrected chi connectivity index (χ0v) is 18.5. The molecule has 7 heteroatoms. The zero-order chi connectivity index (χ0) is 21.6. The normalized spacial score (nSPS) is 15.7. The molecule has 0 unspecified atom stereocenters. The van der Waals surface area contributed by atoms with Crippen molar-refractivity contribution in [3.05, 3.63) is 59.7 Å². The minimum Gasteiger partial charge on any atom is -0.497 e. The molecule has 1 fully saturated rings. The lowest BCUT2D eigenvalue weighted by molar-refractivity contribution is -0.126. The van der Waals surface area contributed by atoms with Crippen molar-refractivity contribution < 1.29 is 17.9 Å². The molecule has 1 aliphatic rings. The fraction of sp³-hybridized carbons (Fsp3) is 0.435. The summed E-state index contributed by atoms with van der Waals surface area (Å²) < 4.78 is 32.2. The van der Waals surface area contributed by atoms with E-state index in [2.05, 4.69) is 5.32 Å². The summed E-state index contributed by atoms with van der Waals surface area (Å²) in [5.41, 5.74) is 2.23. The molecule has 0 saturated carbocycles. The Balaban J connectivity index is 1.42. The van der Waals surface area contributed by atoms with Crippen molar-refractivity contribution >= 4 is 15.9 Å². The largest absolute Gasteiger partial charge is 0.497 e. The summed E-state index contributed by atoms with van der Waals surface area (Å²) in [6.07, 6.45) is 2.85. The van der Waals surface area contributed by atoms with E-state index in [1.807, 2.05) is 31.2 Å². The second-order valence-corrected chi connectivity index (χ2v) is 9.67. The molecule has 0 bridgehead atoms. The molecule has 0 aliphatic carbocycles. The summed E-state index contributed by atoms with van der Waals surface area (Å²) in [5.74, 6) is 0.732. The smallest absolute Gasteiger partial charge is 0.243 e. The molecule has 6 nitrogen and oxygen atoms in total. The van der Waals surface area contributed by atoms with Crippen molar-refractivity contribution in [1.82, 2.24) is 9.62 Å². The topological polar surface area (TPSA) is 75.7 Å². The molecule has 30 heavy (non-hydrogen) atoms. The highest BCUT2D eigenvalue weighted by Gasteiger charge is 2.31. The average Bonchev–Trinajstić information content (AvgIpc) is 2.77. The maximum atomic E-state index is 12.8. The van der Waals surface area contributed by atoms with E-state index in [1.165, 1.54) is 9.87 Å². The van der Waals surface area contributed by atoms with Gasteiger partial charge in [-0.2, -0.15) is 4.31 Å². The highest BCUT2D eigenvalue weighted by Crippen LogP contribution is 2.24. The van der Waals surface area contributed by atoms with Crippen LogP contribution in [-0.4, -0.2) is 45.4 Å². The van der Waals surface area contributed by atoms with Gasteiger partial charge in [-0.25, -0.2) is 8.42 Å². The van der Waals surface area contributed by atoms with Gasteiger partial charge >= 0.3 is 0 Å². The van der Waals surface area contributed by atoms with Gasteiger partial charge in [-0.15, -0.1) is 0 Å². The van der Waals surface area contributed by atoms with E-state index in [-0.39, 0.29) is 11.8 Å². The fourth-order valence-corrected chi connectivity index (χ4v) is 5.13. The SMILES string of the molecule is COc1ccc(CCCNC(=O)C2CCN(S(=O)(=O)c3ccc(C)cc3)CC2)cc1. The van der Waals surface area contributed by atoms with E-state index in [0.29, 0.717) is 37.4 Å². The molecular weight excluding hydrogens is 400 g/mol. The number of ether oxygens (including phenoxy) is 1. The van der Waals surface area contributed by atoms with Crippen molar-refractivity contribution in [2.45, 2.75) is 37.5 Å². The molecule has 2 aromatic carbocycles. The first kappa shape index (κ1) is 22.3. The number of methoxy groups -OCH3 is 1. The van der Waals surface area contributed by atoms with Crippen molar-refractivity contribution in [3.8, 4) is 5.75 Å². The van der Waals surface area contributed by atoms with Gasteiger partial charge in [0.05, 0.1) is 12.0 Å². The number of carbonyl (C=O) groups excluding carboxylic acids is 1. The second-order valence-electron chi connectivity index (χ2n) is 7.73. The molecule has 162 valence electrons. The van der Waals surface area contributed by atoms with Gasteiger partial charge in [-0.05, 0) is 62.4 Å². The van der Waals surface area contributed by atoms with E-state index in [9.17, 15) is 13.2 Å². The molecule has 1 heterocycles. The molecule has 1 amide bonds. The molecule has 1 saturated heterocycles. The van der Waals surface area contributed by atoms with Crippen molar-refractivity contribution in [2.24, 2.45) is 5.92 Å². The maximum absolute atomic E-state index is 12.8. The van der Waals surface area contributed by atoms with Gasteiger partial charge in [0.1, 0.15) is 5.75 Å². The van der Waals surface area contributed by atoms with E-state index >= 15 is 0 Å². The predicted molar refractivity (Wildman–Crippen MR) is 117 cm³/mol. The van der Waals surface area contributed by atoms with Crippen LogP contribution in [0.1, 0.15) is 30.4 Å². The van der Waals surface area contributed by atoms with Gasteiger partial charge in [0.15, 0.2) is 0 Å². The molecule has 0 atom stereocenters. The lowest BCUT2D eigenvalue weighted by Gasteiger charge is -2.30. The molecule has 2 aromatic rings. The number of sulfonamides is 1. The Bertz CT molecular complexity index is 932. The Morgan fingerprint density at radius 1 is 1.07 bits per heavy atom. The molecule has 1 N–H and O–H groups in total. The average molecular weight is 431 g/mol. The molecule has 0 radical (unpaired) electrons. The third-order valence-corrected chi connectivity index (χ3v) is 7.50. The highest BCUT2D eigenvalue weighted by molar-refractivity contribution is 7.89. The number of aryl methyl sites for hydroxylation is 2. The summed E-state index contributed by atoms with van der Waals surface area (Å²) in [7, 11) is -1.85. The van der Waals surface area contributed by atoms with Gasteiger partial charge in [0.25, 0.3) is 0 Å². The Kier molecular flexibility index (Phi) is 7.50. The van der Waals surface area contributed by atoms with Crippen LogP contribution in [0.3, 0.4) is 0 Å². The van der Waals surface area contributed by atoms with Crippen LogP contribution in [0.4, 0.5) is 0 Å². The van der Waals surface area contributed by atoms with Crippen molar-refractivity contribution in [2.75, 3.05) is 26.7 Å². The lowest BCUT2D eigenvalue weighted by atomic mass is 9.97. The van der Waals surface area contributed by atoms with Crippen LogP contribution in [0.15, 0.2) is 53.4 Å². The van der Waals surface area contributed by atoms with E-state index in [0.717, 1.165) is 24.2 Å². The number of amides is 1. The molecule has 0 aromatic heterocycles. The van der Waals surface area contributed by atoms with E-state index in [1.54, 1.807) is 31.4 Å². The van der Waals surface area contributed by atoms with Crippen LogP contribution in [0, 0.1) is 12.8 Å². The zero-order valence-electron chi connectivity index (χ0n) is 17.6. The van der Waals surface area contributed by atoms with Crippen molar-refractivity contribution in [1.29, 1.82) is 0 Å². The first-order valence-corrected chi connectivity index (χ1v) is 11.8. The van der Waals surface area contributed by atoms with Crippen LogP contribution in [0.5, 0.6) is 5.75 Å². The minimum absolute atomic E-state index is 0.0251. The molecule has 0 spiro atoms. The summed E-state index contributed by atoms with van der Waals surface area (Å²) in [5, 5.41) is 3.01. The summed E-state index contributed by atoms with van der Waals surface area (Å²) in [6.45, 7) is 3.30. The van der Waals surface area contributed by atoms with Crippen LogP contribution >= 0.6 is 0 Å². The Morgan fingerprint density at radius 2 is 1.70 bits per heavy atom. The highest BCUT2D eigenvalue weighted by atomic mass is 32.2. The third-order valence-electron chi connectivity index (χ3n) is 5.58. The summed E-state index contributed by atoms with van der Waals surface area (Å²) in [4.78, 5) is 12.8. The first-order chi connectivity index (χ1) is 14.4. The quantitative estimate of drug-likeness (QED) is 0.653. The van der Waals surface area contributed by atoms with Crippen LogP contribution < -0.4 is 10.1 Å². The standard InChI is InChI=1S/C23H30N2O4S/c1-18-5-11-22(12-6-18)30(27,28)25-16-13-20(14-17-25)23(26)24-15-3-4-19-7-9-21(29-2)10-8-19/h5-12,20H,3-4,13-17H2,1-2H3,(H,24,26). The number of nitrogens with zero attached hydrogens (tertiary/aromatic N) is 1. The summed E-state index contributed by atoms with van der Waals surface area (Å²) in [6, 6.07) is 14.8. The number of hydrogen-bond donors (Lipinski definition) is 1. The number of piperidine rings is 1. The Morgan fingerprint density at radius 3 is 2.30 bits per heavy atom. The van der Waals surface area contributed by atoms with Gasteiger partial charge in [-0.1, -0.05) is 29.8 Å². The minimum atomic E-state index is -3.49. The van der Waals surface area contributed by atoms with Crippen LogP contribution in [0.2, 0.25) is 0 Å². The molecule has 3 rings (SSSR count). The second kappa shape index (κ2) is 10.1. The Labute approximate surface area is 179 Å².